The molecule has 0 atom stereocenters. The van der Waals surface area contributed by atoms with E-state index in [0.717, 1.165) is 50.0 Å². The van der Waals surface area contributed by atoms with Gasteiger partial charge < -0.3 is 9.88 Å². The lowest BCUT2D eigenvalue weighted by Crippen LogP contribution is -2.32. The molecule has 5 heteroatoms. The number of carbonyl (C=O) groups excluding carboxylic acids is 1. The number of aromatic nitrogens is 1. The second kappa shape index (κ2) is 9.63. The topological polar surface area (TPSA) is 61.1 Å². The van der Waals surface area contributed by atoms with Crippen LogP contribution in [0.25, 0.3) is 17.1 Å². The van der Waals surface area contributed by atoms with E-state index in [4.69, 9.17) is 5.26 Å². The zero-order valence-corrected chi connectivity index (χ0v) is 18.0. The SMILES string of the molecule is Cc1ccc2c(ccn2/C=C/C(=O)NCCCCN2CCc3ccc(C#N)cc3C2)c1. The highest BCUT2D eigenvalue weighted by atomic mass is 16.1. The molecule has 1 amide bonds. The number of nitrogens with zero attached hydrogens (tertiary/aromatic N) is 3. The maximum atomic E-state index is 12.1. The quantitative estimate of drug-likeness (QED) is 0.466. The Morgan fingerprint density at radius 1 is 1.16 bits per heavy atom. The monoisotopic (exact) mass is 412 g/mol. The highest BCUT2D eigenvalue weighted by Gasteiger charge is 2.16. The number of fused-ring (bicyclic) bond motifs is 2. The molecule has 0 aliphatic carbocycles. The molecule has 0 spiro atoms. The summed E-state index contributed by atoms with van der Waals surface area (Å²) in [6.45, 7) is 5.73. The van der Waals surface area contributed by atoms with Gasteiger partial charge in [-0.1, -0.05) is 17.7 Å². The molecule has 4 rings (SSSR count). The fourth-order valence-corrected chi connectivity index (χ4v) is 4.17. The summed E-state index contributed by atoms with van der Waals surface area (Å²) in [5.74, 6) is -0.0649. The van der Waals surface area contributed by atoms with Crippen molar-refractivity contribution < 1.29 is 4.79 Å². The minimum absolute atomic E-state index is 0.0649. The molecule has 0 saturated carbocycles. The van der Waals surface area contributed by atoms with Crippen LogP contribution in [0.1, 0.15) is 35.1 Å². The molecule has 1 N–H and O–H groups in total. The van der Waals surface area contributed by atoms with Crippen molar-refractivity contribution >= 4 is 23.0 Å². The van der Waals surface area contributed by atoms with Gasteiger partial charge in [0.2, 0.25) is 5.91 Å². The molecule has 1 aliphatic rings. The van der Waals surface area contributed by atoms with Crippen molar-refractivity contribution in [1.29, 1.82) is 5.26 Å². The summed E-state index contributed by atoms with van der Waals surface area (Å²) in [5.41, 5.74) is 5.70. The lowest BCUT2D eigenvalue weighted by Gasteiger charge is -2.28. The van der Waals surface area contributed by atoms with Crippen LogP contribution in [0.3, 0.4) is 0 Å². The Hall–Kier alpha value is -3.36. The number of nitrogens with one attached hydrogen (secondary N) is 1. The van der Waals surface area contributed by atoms with E-state index < -0.39 is 0 Å². The van der Waals surface area contributed by atoms with Gasteiger partial charge in [0.1, 0.15) is 0 Å². The summed E-state index contributed by atoms with van der Waals surface area (Å²) in [7, 11) is 0. The molecule has 158 valence electrons. The van der Waals surface area contributed by atoms with E-state index in [-0.39, 0.29) is 5.91 Å². The van der Waals surface area contributed by atoms with Crippen LogP contribution >= 0.6 is 0 Å². The summed E-state index contributed by atoms with van der Waals surface area (Å²) in [5, 5.41) is 13.2. The van der Waals surface area contributed by atoms with Crippen molar-refractivity contribution in [3.05, 3.63) is 77.0 Å². The summed E-state index contributed by atoms with van der Waals surface area (Å²) in [6, 6.07) is 16.6. The van der Waals surface area contributed by atoms with Gasteiger partial charge in [0, 0.05) is 43.5 Å². The summed E-state index contributed by atoms with van der Waals surface area (Å²) >= 11 is 0. The standard InChI is InChI=1S/C26H28N4O/c1-20-4-7-25-23(16-20)9-14-30(25)15-10-26(31)28-11-2-3-12-29-13-8-22-6-5-21(18-27)17-24(22)19-29/h4-7,9-10,14-17H,2-3,8,11-13,19H2,1H3,(H,28,31)/b15-10+. The number of carbonyl (C=O) groups is 1. The number of hydrogen-bond acceptors (Lipinski definition) is 3. The average molecular weight is 413 g/mol. The Morgan fingerprint density at radius 2 is 2.06 bits per heavy atom. The van der Waals surface area contributed by atoms with Crippen molar-refractivity contribution in [2.45, 2.75) is 32.7 Å². The van der Waals surface area contributed by atoms with Gasteiger partial charge >= 0.3 is 0 Å². The first-order chi connectivity index (χ1) is 15.1. The van der Waals surface area contributed by atoms with E-state index in [1.165, 1.54) is 22.1 Å². The fraction of sp³-hybridized carbons (Fsp3) is 0.308. The number of nitriles is 1. The van der Waals surface area contributed by atoms with Gasteiger partial charge in [0.15, 0.2) is 0 Å². The maximum absolute atomic E-state index is 12.1. The first kappa shape index (κ1) is 20.9. The van der Waals surface area contributed by atoms with Crippen molar-refractivity contribution in [3.8, 4) is 6.07 Å². The lowest BCUT2D eigenvalue weighted by molar-refractivity contribution is -0.116. The first-order valence-electron chi connectivity index (χ1n) is 10.9. The highest BCUT2D eigenvalue weighted by Crippen LogP contribution is 2.20. The van der Waals surface area contributed by atoms with Crippen molar-refractivity contribution in [2.75, 3.05) is 19.6 Å². The number of aryl methyl sites for hydroxylation is 1. The molecule has 2 heterocycles. The fourth-order valence-electron chi connectivity index (χ4n) is 4.17. The maximum Gasteiger partial charge on any atom is 0.245 e. The van der Waals surface area contributed by atoms with Gasteiger partial charge in [-0.3, -0.25) is 9.69 Å². The van der Waals surface area contributed by atoms with Crippen LogP contribution in [-0.4, -0.2) is 35.0 Å². The third-order valence-electron chi connectivity index (χ3n) is 5.89. The normalized spacial score (nSPS) is 13.9. The molecule has 3 aromatic rings. The zero-order chi connectivity index (χ0) is 21.6. The molecule has 31 heavy (non-hydrogen) atoms. The van der Waals surface area contributed by atoms with Gasteiger partial charge in [0.25, 0.3) is 0 Å². The predicted molar refractivity (Wildman–Crippen MR) is 124 cm³/mol. The van der Waals surface area contributed by atoms with Crippen molar-refractivity contribution in [3.63, 3.8) is 0 Å². The van der Waals surface area contributed by atoms with Crippen LogP contribution in [0, 0.1) is 18.3 Å². The molecule has 0 radical (unpaired) electrons. The summed E-state index contributed by atoms with van der Waals surface area (Å²) < 4.78 is 1.97. The first-order valence-corrected chi connectivity index (χ1v) is 10.9. The van der Waals surface area contributed by atoms with Crippen LogP contribution in [0.4, 0.5) is 0 Å². The number of hydrogen-bond donors (Lipinski definition) is 1. The highest BCUT2D eigenvalue weighted by molar-refractivity contribution is 5.91. The molecule has 0 fully saturated rings. The second-order valence-corrected chi connectivity index (χ2v) is 8.22. The van der Waals surface area contributed by atoms with Crippen LogP contribution in [-0.2, 0) is 17.8 Å². The Morgan fingerprint density at radius 3 is 2.94 bits per heavy atom. The molecular weight excluding hydrogens is 384 g/mol. The average Bonchev–Trinajstić information content (AvgIpc) is 3.18. The minimum Gasteiger partial charge on any atom is -0.353 e. The van der Waals surface area contributed by atoms with E-state index in [1.54, 1.807) is 6.08 Å². The Kier molecular flexibility index (Phi) is 6.49. The van der Waals surface area contributed by atoms with Gasteiger partial charge in [-0.2, -0.15) is 5.26 Å². The van der Waals surface area contributed by atoms with Gasteiger partial charge in [0.05, 0.1) is 17.1 Å². The molecule has 0 bridgehead atoms. The lowest BCUT2D eigenvalue weighted by atomic mass is 9.97. The van der Waals surface area contributed by atoms with Gasteiger partial charge in [-0.05, 0) is 74.2 Å². The summed E-state index contributed by atoms with van der Waals surface area (Å²) in [6.07, 6.45) is 8.41. The minimum atomic E-state index is -0.0649. The van der Waals surface area contributed by atoms with E-state index in [1.807, 2.05) is 29.1 Å². The van der Waals surface area contributed by atoms with Crippen LogP contribution in [0.5, 0.6) is 0 Å². The molecule has 0 saturated heterocycles. The van der Waals surface area contributed by atoms with Crippen LogP contribution in [0.15, 0.2) is 54.7 Å². The molecule has 1 aromatic heterocycles. The molecule has 2 aromatic carbocycles. The van der Waals surface area contributed by atoms with E-state index in [9.17, 15) is 4.79 Å². The predicted octanol–water partition coefficient (Wildman–Crippen LogP) is 4.25. The van der Waals surface area contributed by atoms with E-state index in [2.05, 4.69) is 53.5 Å². The van der Waals surface area contributed by atoms with Crippen LogP contribution < -0.4 is 5.32 Å². The molecule has 0 unspecified atom stereocenters. The van der Waals surface area contributed by atoms with Crippen LogP contribution in [0.2, 0.25) is 0 Å². The molecular formula is C26H28N4O. The third kappa shape index (κ3) is 5.22. The number of benzene rings is 2. The van der Waals surface area contributed by atoms with E-state index >= 15 is 0 Å². The van der Waals surface area contributed by atoms with Crippen molar-refractivity contribution in [2.24, 2.45) is 0 Å². The molecule has 1 aliphatic heterocycles. The number of unbranched alkanes of at least 4 members (excludes halogenated alkanes) is 1. The van der Waals surface area contributed by atoms with E-state index in [0.29, 0.717) is 6.54 Å². The second-order valence-electron chi connectivity index (χ2n) is 8.22. The van der Waals surface area contributed by atoms with Gasteiger partial charge in [-0.25, -0.2) is 0 Å². The Labute approximate surface area is 183 Å². The zero-order valence-electron chi connectivity index (χ0n) is 18.0. The number of amides is 1. The Bertz CT molecular complexity index is 1150. The number of rotatable bonds is 7. The smallest absolute Gasteiger partial charge is 0.245 e. The summed E-state index contributed by atoms with van der Waals surface area (Å²) in [4.78, 5) is 14.6. The third-order valence-corrected chi connectivity index (χ3v) is 5.89. The largest absolute Gasteiger partial charge is 0.353 e. The van der Waals surface area contributed by atoms with Gasteiger partial charge in [-0.15, -0.1) is 0 Å². The molecule has 5 nitrogen and oxygen atoms in total. The Balaban J connectivity index is 1.18. The van der Waals surface area contributed by atoms with Crippen molar-refractivity contribution in [1.82, 2.24) is 14.8 Å².